The standard InChI is InChI=1S/C13H23N5O2/c1-2-7-20-13-11(14)12(16-10-17-13)15-3-4-18-5-8-19-9-6-18/h10H,2-9,14H2,1H3,(H,15,16,17). The Labute approximate surface area is 119 Å². The molecule has 0 bridgehead atoms. The molecule has 1 aliphatic rings. The first kappa shape index (κ1) is 14.8. The second-order valence-electron chi connectivity index (χ2n) is 4.67. The maximum Gasteiger partial charge on any atom is 0.242 e. The lowest BCUT2D eigenvalue weighted by molar-refractivity contribution is 0.0398. The van der Waals surface area contributed by atoms with E-state index in [9.17, 15) is 0 Å². The van der Waals surface area contributed by atoms with Gasteiger partial charge in [0.15, 0.2) is 5.82 Å². The third-order valence-corrected chi connectivity index (χ3v) is 3.11. The maximum atomic E-state index is 6.00. The van der Waals surface area contributed by atoms with Crippen molar-refractivity contribution in [3.05, 3.63) is 6.33 Å². The van der Waals surface area contributed by atoms with Crippen molar-refractivity contribution in [1.29, 1.82) is 0 Å². The predicted octanol–water partition coefficient (Wildman–Crippen LogP) is 0.592. The lowest BCUT2D eigenvalue weighted by Gasteiger charge is -2.26. The number of nitrogens with one attached hydrogen (secondary N) is 1. The molecule has 3 N–H and O–H groups in total. The highest BCUT2D eigenvalue weighted by atomic mass is 16.5. The van der Waals surface area contributed by atoms with Crippen LogP contribution < -0.4 is 15.8 Å². The second-order valence-corrected chi connectivity index (χ2v) is 4.67. The fourth-order valence-electron chi connectivity index (χ4n) is 1.99. The van der Waals surface area contributed by atoms with Gasteiger partial charge < -0.3 is 20.5 Å². The Morgan fingerprint density at radius 1 is 1.40 bits per heavy atom. The first-order valence-electron chi connectivity index (χ1n) is 7.08. The Kier molecular flexibility index (Phi) is 5.82. The summed E-state index contributed by atoms with van der Waals surface area (Å²) >= 11 is 0. The molecule has 0 unspecified atom stereocenters. The van der Waals surface area contributed by atoms with E-state index in [1.807, 2.05) is 6.92 Å². The fourth-order valence-corrected chi connectivity index (χ4v) is 1.99. The minimum Gasteiger partial charge on any atom is -0.476 e. The van der Waals surface area contributed by atoms with Crippen LogP contribution in [-0.4, -0.2) is 60.9 Å². The van der Waals surface area contributed by atoms with Gasteiger partial charge in [0, 0.05) is 26.2 Å². The number of nitrogens with zero attached hydrogens (tertiary/aromatic N) is 3. The molecule has 20 heavy (non-hydrogen) atoms. The number of hydrogen-bond acceptors (Lipinski definition) is 7. The zero-order valence-electron chi connectivity index (χ0n) is 12.0. The number of nitrogen functional groups attached to an aromatic ring is 1. The summed E-state index contributed by atoms with van der Waals surface area (Å²) in [5.41, 5.74) is 6.47. The summed E-state index contributed by atoms with van der Waals surface area (Å²) in [6.45, 7) is 7.95. The minimum atomic E-state index is 0.454. The molecule has 1 saturated heterocycles. The van der Waals surface area contributed by atoms with Crippen molar-refractivity contribution >= 4 is 11.5 Å². The van der Waals surface area contributed by atoms with Gasteiger partial charge in [-0.2, -0.15) is 4.98 Å². The Morgan fingerprint density at radius 3 is 2.95 bits per heavy atom. The molecule has 0 radical (unpaired) electrons. The molecule has 1 aromatic heterocycles. The summed E-state index contributed by atoms with van der Waals surface area (Å²) in [7, 11) is 0. The topological polar surface area (TPSA) is 85.5 Å². The minimum absolute atomic E-state index is 0.454. The van der Waals surface area contributed by atoms with Gasteiger partial charge in [0.2, 0.25) is 5.88 Å². The maximum absolute atomic E-state index is 6.00. The van der Waals surface area contributed by atoms with Crippen molar-refractivity contribution in [2.45, 2.75) is 13.3 Å². The molecule has 0 aliphatic carbocycles. The van der Waals surface area contributed by atoms with Crippen LogP contribution in [0.4, 0.5) is 11.5 Å². The van der Waals surface area contributed by atoms with Crippen molar-refractivity contribution in [2.24, 2.45) is 0 Å². The van der Waals surface area contributed by atoms with Gasteiger partial charge in [-0.1, -0.05) is 6.92 Å². The quantitative estimate of drug-likeness (QED) is 0.756. The number of morpholine rings is 1. The lowest BCUT2D eigenvalue weighted by atomic mass is 10.4. The number of anilines is 2. The first-order chi connectivity index (χ1) is 9.81. The summed E-state index contributed by atoms with van der Waals surface area (Å²) in [6, 6.07) is 0. The van der Waals surface area contributed by atoms with E-state index < -0.39 is 0 Å². The van der Waals surface area contributed by atoms with Gasteiger partial charge in [-0.15, -0.1) is 0 Å². The summed E-state index contributed by atoms with van der Waals surface area (Å²) in [5.74, 6) is 1.09. The molecule has 2 rings (SSSR count). The number of hydrogen-bond donors (Lipinski definition) is 2. The van der Waals surface area contributed by atoms with Gasteiger partial charge in [0.05, 0.1) is 19.8 Å². The highest BCUT2D eigenvalue weighted by Crippen LogP contribution is 2.24. The monoisotopic (exact) mass is 281 g/mol. The summed E-state index contributed by atoms with van der Waals surface area (Å²) in [5, 5.41) is 3.24. The van der Waals surface area contributed by atoms with Crippen LogP contribution in [0, 0.1) is 0 Å². The number of aromatic nitrogens is 2. The molecule has 7 heteroatoms. The van der Waals surface area contributed by atoms with E-state index in [1.165, 1.54) is 6.33 Å². The van der Waals surface area contributed by atoms with Crippen LogP contribution in [-0.2, 0) is 4.74 Å². The Morgan fingerprint density at radius 2 is 2.20 bits per heavy atom. The van der Waals surface area contributed by atoms with Crippen molar-refractivity contribution in [3.63, 3.8) is 0 Å². The van der Waals surface area contributed by atoms with Gasteiger partial charge in [0.25, 0.3) is 0 Å². The largest absolute Gasteiger partial charge is 0.476 e. The normalized spacial score (nSPS) is 16.1. The van der Waals surface area contributed by atoms with E-state index in [2.05, 4.69) is 20.2 Å². The SMILES string of the molecule is CCCOc1ncnc(NCCN2CCOCC2)c1N. The molecule has 0 spiro atoms. The Bertz CT molecular complexity index is 410. The third-order valence-electron chi connectivity index (χ3n) is 3.11. The number of ether oxygens (including phenoxy) is 2. The van der Waals surface area contributed by atoms with Crippen molar-refractivity contribution in [2.75, 3.05) is 57.1 Å². The van der Waals surface area contributed by atoms with E-state index in [1.54, 1.807) is 0 Å². The molecule has 0 atom stereocenters. The van der Waals surface area contributed by atoms with Crippen LogP contribution in [0.3, 0.4) is 0 Å². The Hall–Kier alpha value is -1.60. The van der Waals surface area contributed by atoms with Crippen LogP contribution in [0.5, 0.6) is 5.88 Å². The number of rotatable bonds is 7. The fraction of sp³-hybridized carbons (Fsp3) is 0.692. The van der Waals surface area contributed by atoms with Gasteiger partial charge in [-0.25, -0.2) is 4.98 Å². The molecule has 7 nitrogen and oxygen atoms in total. The second kappa shape index (κ2) is 7.86. The van der Waals surface area contributed by atoms with Crippen LogP contribution in [0.15, 0.2) is 6.33 Å². The summed E-state index contributed by atoms with van der Waals surface area (Å²) in [6.07, 6.45) is 2.39. The molecule has 112 valence electrons. The number of nitrogens with two attached hydrogens (primary N) is 1. The van der Waals surface area contributed by atoms with E-state index >= 15 is 0 Å². The molecule has 0 aromatic carbocycles. The van der Waals surface area contributed by atoms with Crippen LogP contribution in [0.2, 0.25) is 0 Å². The Balaban J connectivity index is 1.82. The highest BCUT2D eigenvalue weighted by molar-refractivity contribution is 5.66. The van der Waals surface area contributed by atoms with Crippen LogP contribution in [0.25, 0.3) is 0 Å². The van der Waals surface area contributed by atoms with Crippen LogP contribution in [0.1, 0.15) is 13.3 Å². The zero-order valence-corrected chi connectivity index (χ0v) is 12.0. The third kappa shape index (κ3) is 4.21. The zero-order chi connectivity index (χ0) is 14.2. The lowest BCUT2D eigenvalue weighted by Crippen LogP contribution is -2.39. The average Bonchev–Trinajstić information content (AvgIpc) is 2.49. The van der Waals surface area contributed by atoms with Crippen LogP contribution >= 0.6 is 0 Å². The molecule has 0 amide bonds. The molecule has 1 fully saturated rings. The summed E-state index contributed by atoms with van der Waals surface area (Å²) < 4.78 is 10.8. The van der Waals surface area contributed by atoms with E-state index in [0.29, 0.717) is 24.0 Å². The van der Waals surface area contributed by atoms with E-state index in [4.69, 9.17) is 15.2 Å². The van der Waals surface area contributed by atoms with Gasteiger partial charge in [-0.3, -0.25) is 4.90 Å². The van der Waals surface area contributed by atoms with Gasteiger partial charge in [-0.05, 0) is 6.42 Å². The first-order valence-corrected chi connectivity index (χ1v) is 7.08. The smallest absolute Gasteiger partial charge is 0.242 e. The van der Waals surface area contributed by atoms with Crippen molar-refractivity contribution in [3.8, 4) is 5.88 Å². The summed E-state index contributed by atoms with van der Waals surface area (Å²) in [4.78, 5) is 10.6. The molecule has 2 heterocycles. The van der Waals surface area contributed by atoms with Crippen molar-refractivity contribution < 1.29 is 9.47 Å². The molecular weight excluding hydrogens is 258 g/mol. The molecule has 1 aliphatic heterocycles. The van der Waals surface area contributed by atoms with E-state index in [-0.39, 0.29) is 0 Å². The predicted molar refractivity (Wildman–Crippen MR) is 78.0 cm³/mol. The van der Waals surface area contributed by atoms with Gasteiger partial charge in [0.1, 0.15) is 12.0 Å². The molecule has 1 aromatic rings. The van der Waals surface area contributed by atoms with E-state index in [0.717, 1.165) is 45.8 Å². The molecule has 0 saturated carbocycles. The average molecular weight is 281 g/mol. The van der Waals surface area contributed by atoms with Gasteiger partial charge >= 0.3 is 0 Å². The molecular formula is C13H23N5O2. The van der Waals surface area contributed by atoms with Crippen molar-refractivity contribution in [1.82, 2.24) is 14.9 Å². The highest BCUT2D eigenvalue weighted by Gasteiger charge is 2.11.